The fraction of sp³-hybridized carbons (Fsp3) is 0.300. The molecule has 6 nitrogen and oxygen atoms in total. The summed E-state index contributed by atoms with van der Waals surface area (Å²) < 4.78 is 15.5. The number of benzene rings is 2. The lowest BCUT2D eigenvalue weighted by Crippen LogP contribution is -2.31. The SMILES string of the molecule is COc1ccccc1OCC(=O)OCC(=O)N(C)Cc1ccc(SC)cc1. The molecule has 0 spiro atoms. The number of methoxy groups -OCH3 is 1. The monoisotopic (exact) mass is 389 g/mol. The van der Waals surface area contributed by atoms with Crippen LogP contribution in [0.2, 0.25) is 0 Å². The van der Waals surface area contributed by atoms with Gasteiger partial charge in [0.2, 0.25) is 0 Å². The van der Waals surface area contributed by atoms with Gasteiger partial charge >= 0.3 is 5.97 Å². The summed E-state index contributed by atoms with van der Waals surface area (Å²) in [4.78, 5) is 26.6. The number of hydrogen-bond donors (Lipinski definition) is 0. The maximum Gasteiger partial charge on any atom is 0.344 e. The summed E-state index contributed by atoms with van der Waals surface area (Å²) in [6.45, 7) is -0.177. The van der Waals surface area contributed by atoms with Crippen LogP contribution in [0.15, 0.2) is 53.4 Å². The number of ether oxygens (including phenoxy) is 3. The third-order valence-electron chi connectivity index (χ3n) is 3.78. The lowest BCUT2D eigenvalue weighted by atomic mass is 10.2. The minimum atomic E-state index is -0.619. The molecule has 0 fully saturated rings. The van der Waals surface area contributed by atoms with Crippen molar-refractivity contribution in [1.82, 2.24) is 4.90 Å². The molecule has 27 heavy (non-hydrogen) atoms. The summed E-state index contributed by atoms with van der Waals surface area (Å²) in [6.07, 6.45) is 2.01. The minimum Gasteiger partial charge on any atom is -0.493 e. The Morgan fingerprint density at radius 1 is 1.00 bits per heavy atom. The van der Waals surface area contributed by atoms with Crippen molar-refractivity contribution in [3.05, 3.63) is 54.1 Å². The van der Waals surface area contributed by atoms with Crippen LogP contribution in [0.1, 0.15) is 5.56 Å². The van der Waals surface area contributed by atoms with Gasteiger partial charge in [0.1, 0.15) is 0 Å². The highest BCUT2D eigenvalue weighted by atomic mass is 32.2. The summed E-state index contributed by atoms with van der Waals surface area (Å²) in [5, 5.41) is 0. The molecule has 0 aliphatic carbocycles. The molecule has 0 radical (unpaired) electrons. The molecule has 2 rings (SSSR count). The second-order valence-corrected chi connectivity index (χ2v) is 6.58. The van der Waals surface area contributed by atoms with Gasteiger partial charge in [-0.25, -0.2) is 4.79 Å². The summed E-state index contributed by atoms with van der Waals surface area (Å²) >= 11 is 1.66. The Kier molecular flexibility index (Phi) is 8.00. The number of likely N-dealkylation sites (N-methyl/N-ethyl adjacent to an activating group) is 1. The summed E-state index contributed by atoms with van der Waals surface area (Å²) in [6, 6.07) is 14.9. The number of thioether (sulfide) groups is 1. The van der Waals surface area contributed by atoms with E-state index in [2.05, 4.69) is 0 Å². The average Bonchev–Trinajstić information content (AvgIpc) is 2.71. The topological polar surface area (TPSA) is 65.1 Å². The maximum absolute atomic E-state index is 12.1. The van der Waals surface area contributed by atoms with Crippen molar-refractivity contribution in [2.75, 3.05) is 33.6 Å². The fourth-order valence-electron chi connectivity index (χ4n) is 2.26. The second-order valence-electron chi connectivity index (χ2n) is 5.70. The van der Waals surface area contributed by atoms with E-state index in [0.717, 1.165) is 10.5 Å². The lowest BCUT2D eigenvalue weighted by Gasteiger charge is -2.17. The highest BCUT2D eigenvalue weighted by Gasteiger charge is 2.14. The number of carbonyl (C=O) groups excluding carboxylic acids is 2. The van der Waals surface area contributed by atoms with Crippen molar-refractivity contribution in [2.24, 2.45) is 0 Å². The zero-order valence-corrected chi connectivity index (χ0v) is 16.5. The molecule has 0 saturated carbocycles. The first-order valence-corrected chi connectivity index (χ1v) is 9.54. The van der Waals surface area contributed by atoms with Crippen LogP contribution in [0.4, 0.5) is 0 Å². The molecule has 0 aromatic heterocycles. The van der Waals surface area contributed by atoms with Crippen LogP contribution in [0.25, 0.3) is 0 Å². The first-order chi connectivity index (χ1) is 13.0. The molecule has 0 heterocycles. The van der Waals surface area contributed by atoms with Gasteiger partial charge in [0.05, 0.1) is 7.11 Å². The molecule has 0 atom stereocenters. The molecule has 0 aliphatic heterocycles. The van der Waals surface area contributed by atoms with Gasteiger partial charge in [0.15, 0.2) is 24.7 Å². The normalized spacial score (nSPS) is 10.2. The second kappa shape index (κ2) is 10.5. The van der Waals surface area contributed by atoms with Crippen LogP contribution in [0.5, 0.6) is 11.5 Å². The lowest BCUT2D eigenvalue weighted by molar-refractivity contribution is -0.153. The van der Waals surface area contributed by atoms with Gasteiger partial charge in [0.25, 0.3) is 5.91 Å². The van der Waals surface area contributed by atoms with Crippen molar-refractivity contribution in [1.29, 1.82) is 0 Å². The number of rotatable bonds is 9. The van der Waals surface area contributed by atoms with E-state index >= 15 is 0 Å². The Bertz CT molecular complexity index is 763. The molecule has 0 aliphatic rings. The summed E-state index contributed by atoms with van der Waals surface area (Å²) in [5.74, 6) is 0.0595. The van der Waals surface area contributed by atoms with E-state index in [9.17, 15) is 9.59 Å². The van der Waals surface area contributed by atoms with E-state index in [0.29, 0.717) is 18.0 Å². The first kappa shape index (κ1) is 20.6. The molecular weight excluding hydrogens is 366 g/mol. The van der Waals surface area contributed by atoms with E-state index in [1.165, 1.54) is 12.0 Å². The van der Waals surface area contributed by atoms with Crippen molar-refractivity contribution < 1.29 is 23.8 Å². The molecule has 2 aromatic rings. The van der Waals surface area contributed by atoms with Gasteiger partial charge in [-0.3, -0.25) is 4.79 Å². The zero-order chi connectivity index (χ0) is 19.6. The number of carbonyl (C=O) groups is 2. The molecule has 0 N–H and O–H groups in total. The smallest absolute Gasteiger partial charge is 0.344 e. The van der Waals surface area contributed by atoms with Crippen LogP contribution < -0.4 is 9.47 Å². The van der Waals surface area contributed by atoms with Gasteiger partial charge < -0.3 is 19.1 Å². The van der Waals surface area contributed by atoms with Crippen molar-refractivity contribution in [3.63, 3.8) is 0 Å². The van der Waals surface area contributed by atoms with Gasteiger partial charge in [-0.2, -0.15) is 0 Å². The molecule has 7 heteroatoms. The van der Waals surface area contributed by atoms with Crippen LogP contribution in [-0.2, 0) is 20.9 Å². The third kappa shape index (κ3) is 6.53. The Labute approximate surface area is 163 Å². The zero-order valence-electron chi connectivity index (χ0n) is 15.6. The Balaban J connectivity index is 1.75. The van der Waals surface area contributed by atoms with Crippen LogP contribution in [0, 0.1) is 0 Å². The van der Waals surface area contributed by atoms with Crippen molar-refractivity contribution in [2.45, 2.75) is 11.4 Å². The van der Waals surface area contributed by atoms with Gasteiger partial charge in [-0.1, -0.05) is 24.3 Å². The molecule has 144 valence electrons. The van der Waals surface area contributed by atoms with Crippen LogP contribution in [0.3, 0.4) is 0 Å². The van der Waals surface area contributed by atoms with Crippen molar-refractivity contribution >= 4 is 23.6 Å². The highest BCUT2D eigenvalue weighted by Crippen LogP contribution is 2.25. The van der Waals surface area contributed by atoms with E-state index < -0.39 is 5.97 Å². The van der Waals surface area contributed by atoms with Gasteiger partial charge in [0, 0.05) is 18.5 Å². The predicted octanol–water partition coefficient (Wildman–Crippen LogP) is 3.00. The van der Waals surface area contributed by atoms with E-state index in [-0.39, 0.29) is 19.1 Å². The molecular formula is C20H23NO5S. The van der Waals surface area contributed by atoms with Crippen molar-refractivity contribution in [3.8, 4) is 11.5 Å². The molecule has 1 amide bonds. The van der Waals surface area contributed by atoms with Crippen LogP contribution >= 0.6 is 11.8 Å². The summed E-state index contributed by atoms with van der Waals surface area (Å²) in [7, 11) is 3.19. The third-order valence-corrected chi connectivity index (χ3v) is 4.52. The maximum atomic E-state index is 12.1. The Morgan fingerprint density at radius 3 is 2.30 bits per heavy atom. The van der Waals surface area contributed by atoms with E-state index in [4.69, 9.17) is 14.2 Å². The van der Waals surface area contributed by atoms with Crippen LogP contribution in [-0.4, -0.2) is 50.4 Å². The molecule has 0 unspecified atom stereocenters. The van der Waals surface area contributed by atoms with Gasteiger partial charge in [-0.05, 0) is 36.1 Å². The largest absolute Gasteiger partial charge is 0.493 e. The minimum absolute atomic E-state index is 0.283. The predicted molar refractivity (Wildman–Crippen MR) is 104 cm³/mol. The van der Waals surface area contributed by atoms with E-state index in [1.807, 2.05) is 30.5 Å². The molecule has 2 aromatic carbocycles. The fourth-order valence-corrected chi connectivity index (χ4v) is 2.67. The number of nitrogens with zero attached hydrogens (tertiary/aromatic N) is 1. The van der Waals surface area contributed by atoms with Gasteiger partial charge in [-0.15, -0.1) is 11.8 Å². The number of para-hydroxylation sites is 2. The molecule has 0 saturated heterocycles. The number of esters is 1. The van der Waals surface area contributed by atoms with E-state index in [1.54, 1.807) is 43.1 Å². The Hall–Kier alpha value is -2.67. The highest BCUT2D eigenvalue weighted by molar-refractivity contribution is 7.98. The first-order valence-electron chi connectivity index (χ1n) is 8.32. The standard InChI is InChI=1S/C20H23NO5S/c1-21(12-15-8-10-16(27-3)11-9-15)19(22)13-26-20(23)14-25-18-7-5-4-6-17(18)24-2/h4-11H,12-14H2,1-3H3. The number of amides is 1. The summed E-state index contributed by atoms with van der Waals surface area (Å²) in [5.41, 5.74) is 1.01. The molecule has 0 bridgehead atoms. The Morgan fingerprint density at radius 2 is 1.67 bits per heavy atom. The number of hydrogen-bond acceptors (Lipinski definition) is 6. The quantitative estimate of drug-likeness (QED) is 0.485. The average molecular weight is 389 g/mol.